The number of amidine groups is 1. The summed E-state index contributed by atoms with van der Waals surface area (Å²) in [5.74, 6) is 0.873. The molecule has 0 fully saturated rings. The first kappa shape index (κ1) is 29.4. The van der Waals surface area contributed by atoms with Gasteiger partial charge in [0.05, 0.1) is 5.71 Å². The van der Waals surface area contributed by atoms with E-state index in [1.165, 1.54) is 0 Å². The molecule has 0 saturated carbocycles. The molecule has 48 heavy (non-hydrogen) atoms. The molecule has 0 spiro atoms. The van der Waals surface area contributed by atoms with Gasteiger partial charge in [-0.1, -0.05) is 158 Å². The molecule has 0 radical (unpaired) electrons. The van der Waals surface area contributed by atoms with E-state index in [2.05, 4.69) is 155 Å². The number of aliphatic imine (C=N–C) groups is 2. The normalized spacial score (nSPS) is 18.8. The summed E-state index contributed by atoms with van der Waals surface area (Å²) in [6.45, 7) is 0. The first-order valence-corrected chi connectivity index (χ1v) is 16.3. The highest BCUT2D eigenvalue weighted by Crippen LogP contribution is 2.32. The van der Waals surface area contributed by atoms with Gasteiger partial charge in [0.15, 0.2) is 0 Å². The van der Waals surface area contributed by atoms with Crippen molar-refractivity contribution >= 4 is 17.2 Å². The Hall–Kier alpha value is -6.04. The molecule has 2 heterocycles. The van der Waals surface area contributed by atoms with E-state index in [-0.39, 0.29) is 18.5 Å². The van der Waals surface area contributed by atoms with Crippen LogP contribution in [0.15, 0.2) is 186 Å². The Labute approximate surface area is 281 Å². The van der Waals surface area contributed by atoms with Gasteiger partial charge in [0.2, 0.25) is 0 Å². The van der Waals surface area contributed by atoms with Gasteiger partial charge >= 0.3 is 0 Å². The number of nitrogens with one attached hydrogen (secondary N) is 3. The molecule has 0 aliphatic carbocycles. The lowest BCUT2D eigenvalue weighted by molar-refractivity contribution is 0.409. The fourth-order valence-corrected chi connectivity index (χ4v) is 6.31. The van der Waals surface area contributed by atoms with Crippen LogP contribution in [0.3, 0.4) is 0 Å². The Bertz CT molecular complexity index is 2060. The lowest BCUT2D eigenvalue weighted by Crippen LogP contribution is -2.44. The van der Waals surface area contributed by atoms with Crippen LogP contribution in [-0.4, -0.2) is 11.5 Å². The molecule has 6 aromatic rings. The third-order valence-corrected chi connectivity index (χ3v) is 8.78. The molecule has 3 unspecified atom stereocenters. The van der Waals surface area contributed by atoms with E-state index >= 15 is 0 Å². The molecule has 8 rings (SSSR count). The van der Waals surface area contributed by atoms with Crippen LogP contribution in [0, 0.1) is 0 Å². The third-order valence-electron chi connectivity index (χ3n) is 8.78. The average Bonchev–Trinajstić information content (AvgIpc) is 3.19. The predicted molar refractivity (Wildman–Crippen MR) is 196 cm³/mol. The van der Waals surface area contributed by atoms with Crippen molar-refractivity contribution in [1.82, 2.24) is 16.0 Å². The Morgan fingerprint density at radius 3 is 1.52 bits per heavy atom. The maximum absolute atomic E-state index is 5.19. The van der Waals surface area contributed by atoms with Crippen molar-refractivity contribution in [2.24, 2.45) is 9.98 Å². The molecule has 5 nitrogen and oxygen atoms in total. The fraction of sp³-hybridized carbons (Fsp3) is 0.0698. The minimum absolute atomic E-state index is 0.0863. The van der Waals surface area contributed by atoms with Crippen molar-refractivity contribution in [1.29, 1.82) is 0 Å². The van der Waals surface area contributed by atoms with Crippen LogP contribution in [0.25, 0.3) is 16.8 Å². The van der Waals surface area contributed by atoms with Crippen LogP contribution in [0.2, 0.25) is 0 Å². The van der Waals surface area contributed by atoms with Gasteiger partial charge in [-0.3, -0.25) is 10.3 Å². The Balaban J connectivity index is 1.13. The molecule has 3 atom stereocenters. The molecule has 232 valence electrons. The monoisotopic (exact) mass is 621 g/mol. The van der Waals surface area contributed by atoms with Gasteiger partial charge in [-0.15, -0.1) is 0 Å². The maximum atomic E-state index is 5.19. The third kappa shape index (κ3) is 6.32. The molecular formula is C43H35N5. The second-order valence-electron chi connectivity index (χ2n) is 12.0. The molecule has 0 bridgehead atoms. The van der Waals surface area contributed by atoms with Gasteiger partial charge in [0.1, 0.15) is 24.3 Å². The summed E-state index contributed by atoms with van der Waals surface area (Å²) in [5.41, 5.74) is 10.9. The number of hydrogen-bond donors (Lipinski definition) is 3. The van der Waals surface area contributed by atoms with Crippen LogP contribution in [0.5, 0.6) is 0 Å². The van der Waals surface area contributed by atoms with E-state index in [1.54, 1.807) is 0 Å². The fourth-order valence-electron chi connectivity index (χ4n) is 6.31. The van der Waals surface area contributed by atoms with Crippen LogP contribution >= 0.6 is 0 Å². The quantitative estimate of drug-likeness (QED) is 0.167. The van der Waals surface area contributed by atoms with Gasteiger partial charge in [0.25, 0.3) is 0 Å². The van der Waals surface area contributed by atoms with E-state index < -0.39 is 0 Å². The summed E-state index contributed by atoms with van der Waals surface area (Å²) in [5, 5.41) is 11.1. The molecule has 3 N–H and O–H groups in total. The smallest absolute Gasteiger partial charge is 0.145 e. The van der Waals surface area contributed by atoms with Crippen LogP contribution in [-0.2, 0) is 0 Å². The molecule has 6 aromatic carbocycles. The minimum Gasteiger partial charge on any atom is -0.360 e. The zero-order valence-electron chi connectivity index (χ0n) is 26.4. The summed E-state index contributed by atoms with van der Waals surface area (Å²) in [4.78, 5) is 10.4. The Morgan fingerprint density at radius 2 is 0.896 bits per heavy atom. The first-order chi connectivity index (χ1) is 23.8. The highest BCUT2D eigenvalue weighted by Gasteiger charge is 2.26. The van der Waals surface area contributed by atoms with Crippen LogP contribution in [0.4, 0.5) is 0 Å². The molecule has 2 aliphatic heterocycles. The van der Waals surface area contributed by atoms with Crippen molar-refractivity contribution < 1.29 is 0 Å². The summed E-state index contributed by atoms with van der Waals surface area (Å²) in [6, 6.07) is 59.0. The van der Waals surface area contributed by atoms with E-state index in [9.17, 15) is 0 Å². The van der Waals surface area contributed by atoms with E-state index in [4.69, 9.17) is 9.98 Å². The summed E-state index contributed by atoms with van der Waals surface area (Å²) >= 11 is 0. The summed E-state index contributed by atoms with van der Waals surface area (Å²) in [6.07, 6.45) is 1.59. The highest BCUT2D eigenvalue weighted by atomic mass is 15.3. The second kappa shape index (κ2) is 13.4. The molecule has 5 heteroatoms. The predicted octanol–water partition coefficient (Wildman–Crippen LogP) is 8.82. The van der Waals surface area contributed by atoms with Gasteiger partial charge in [0, 0.05) is 11.3 Å². The average molecular weight is 622 g/mol. The number of hydrogen-bond acceptors (Lipinski definition) is 5. The van der Waals surface area contributed by atoms with E-state index in [0.29, 0.717) is 0 Å². The van der Waals surface area contributed by atoms with Gasteiger partial charge < -0.3 is 10.6 Å². The minimum atomic E-state index is -0.237. The molecule has 0 saturated heterocycles. The second-order valence-corrected chi connectivity index (χ2v) is 12.0. The topological polar surface area (TPSA) is 60.8 Å². The Morgan fingerprint density at radius 1 is 0.396 bits per heavy atom. The van der Waals surface area contributed by atoms with Crippen LogP contribution < -0.4 is 16.0 Å². The zero-order chi connectivity index (χ0) is 32.1. The standard InChI is InChI=1S/C43H35N5/c1-5-15-30(16-6-1)38-29-39(31-17-7-2-8-18-31)45-42(44-38)36-25-13-23-34(27-36)35-24-14-26-37(28-35)43-47-40(32-19-9-3-10-20-32)46-41(48-43)33-21-11-4-12-22-33/h1-29,40,42-44,47H,(H,46,48). The van der Waals surface area contributed by atoms with Crippen molar-refractivity contribution in [2.75, 3.05) is 0 Å². The van der Waals surface area contributed by atoms with Gasteiger partial charge in [-0.05, 0) is 57.2 Å². The zero-order valence-corrected chi connectivity index (χ0v) is 26.4. The molecule has 2 aliphatic rings. The molecule has 0 amide bonds. The number of benzene rings is 6. The summed E-state index contributed by atoms with van der Waals surface area (Å²) < 4.78 is 0. The summed E-state index contributed by atoms with van der Waals surface area (Å²) in [7, 11) is 0. The van der Waals surface area contributed by atoms with Crippen molar-refractivity contribution in [3.8, 4) is 11.1 Å². The number of rotatable bonds is 7. The number of allylic oxidation sites excluding steroid dienone is 1. The van der Waals surface area contributed by atoms with Gasteiger partial charge in [-0.2, -0.15) is 0 Å². The number of nitrogens with zero attached hydrogens (tertiary/aromatic N) is 2. The van der Waals surface area contributed by atoms with Crippen molar-refractivity contribution in [3.63, 3.8) is 0 Å². The lowest BCUT2D eigenvalue weighted by atomic mass is 9.97. The lowest BCUT2D eigenvalue weighted by Gasteiger charge is -2.32. The first-order valence-electron chi connectivity index (χ1n) is 16.3. The molecule has 0 aromatic heterocycles. The largest absolute Gasteiger partial charge is 0.360 e. The molecular weight excluding hydrogens is 587 g/mol. The van der Waals surface area contributed by atoms with E-state index in [0.717, 1.165) is 61.8 Å². The highest BCUT2D eigenvalue weighted by molar-refractivity contribution is 6.13. The Kier molecular flexibility index (Phi) is 8.18. The van der Waals surface area contributed by atoms with Gasteiger partial charge in [-0.25, -0.2) is 4.99 Å². The SMILES string of the molecule is C1=C(c2ccccc2)NC(c2cccc(-c3cccc(C4N=C(c5ccccc5)NC(c5ccccc5)N4)c3)c2)N=C1c1ccccc1. The van der Waals surface area contributed by atoms with Crippen molar-refractivity contribution in [3.05, 3.63) is 209 Å². The van der Waals surface area contributed by atoms with Crippen molar-refractivity contribution in [2.45, 2.75) is 18.5 Å². The maximum Gasteiger partial charge on any atom is 0.145 e. The van der Waals surface area contributed by atoms with E-state index in [1.807, 2.05) is 36.4 Å². The van der Waals surface area contributed by atoms with Crippen LogP contribution in [0.1, 0.15) is 51.9 Å².